The number of fused-ring (bicyclic) bond motifs is 2. The zero-order valence-corrected chi connectivity index (χ0v) is 34.9. The Kier molecular flexibility index (Phi) is 12.3. The Labute approximate surface area is 364 Å². The molecule has 4 aliphatic rings. The number of carbonyl (C=O) groups excluding carboxylic acids is 3. The van der Waals surface area contributed by atoms with E-state index in [0.29, 0.717) is 83.9 Å². The van der Waals surface area contributed by atoms with Crippen molar-refractivity contribution in [1.29, 1.82) is 0 Å². The lowest BCUT2D eigenvalue weighted by atomic mass is 9.72. The number of amides is 2. The number of ether oxygens (including phenoxy) is 3. The van der Waals surface area contributed by atoms with E-state index in [2.05, 4.69) is 25.3 Å². The molecule has 14 nitrogen and oxygen atoms in total. The summed E-state index contributed by atoms with van der Waals surface area (Å²) in [5.74, 6) is -4.23. The second-order valence-corrected chi connectivity index (χ2v) is 16.2. The van der Waals surface area contributed by atoms with Crippen molar-refractivity contribution in [3.8, 4) is 34.3 Å². The van der Waals surface area contributed by atoms with Gasteiger partial charge in [-0.15, -0.1) is 0 Å². The van der Waals surface area contributed by atoms with Crippen molar-refractivity contribution >= 4 is 23.8 Å². The van der Waals surface area contributed by atoms with Crippen LogP contribution in [-0.4, -0.2) is 75.0 Å². The van der Waals surface area contributed by atoms with E-state index in [4.69, 9.17) is 19.3 Å². The molecule has 5 aromatic rings. The Morgan fingerprint density at radius 2 is 1.27 bits per heavy atom. The molecule has 2 aliphatic carbocycles. The lowest BCUT2D eigenvalue weighted by Gasteiger charge is -2.33. The maximum atomic E-state index is 14.7. The summed E-state index contributed by atoms with van der Waals surface area (Å²) in [5, 5.41) is 11.6. The van der Waals surface area contributed by atoms with Gasteiger partial charge in [0, 0.05) is 11.6 Å². The van der Waals surface area contributed by atoms with Crippen molar-refractivity contribution in [2.45, 2.75) is 58.2 Å². The van der Waals surface area contributed by atoms with Gasteiger partial charge < -0.3 is 29.5 Å². The molecule has 0 bridgehead atoms. The minimum absolute atomic E-state index is 0.0711. The number of aromatic nitrogens is 4. The first-order valence-electron chi connectivity index (χ1n) is 20.5. The van der Waals surface area contributed by atoms with E-state index in [9.17, 15) is 36.7 Å². The zero-order chi connectivity index (χ0) is 45.4. The monoisotopic (exact) mass is 882 g/mol. The van der Waals surface area contributed by atoms with E-state index >= 15 is 0 Å². The summed E-state index contributed by atoms with van der Waals surface area (Å²) in [5.41, 5.74) is 2.45. The van der Waals surface area contributed by atoms with E-state index in [1.54, 1.807) is 24.1 Å². The fraction of sp³-hybridized carbons (Fsp3) is 0.348. The van der Waals surface area contributed by atoms with Gasteiger partial charge in [0.05, 0.1) is 97.8 Å². The van der Waals surface area contributed by atoms with E-state index < -0.39 is 29.2 Å². The number of benzene rings is 3. The average Bonchev–Trinajstić information content (AvgIpc) is 3.77. The fourth-order valence-electron chi connectivity index (χ4n) is 8.70. The largest absolute Gasteiger partial charge is 0.497 e. The molecule has 0 spiro atoms. The van der Waals surface area contributed by atoms with Crippen LogP contribution in [0.25, 0.3) is 22.8 Å². The minimum atomic E-state index is -0.832. The standard InChI is InChI=1S/C28H27F2N3O5.C18H15F2N3O3/c1-36-18-8-7-16(23(12-18)37-2)13-33-14-22-25(27(33)34)21(11-15-9-17(10-15)28(35)38-3)31-26(32-22)24-19(29)5-4-6-20(24)30;19-10-2-1-3-11(20)14(10)16-22-12(6-8-4-9(5-8)18(25)26)15-13(23-16)7-21-17(15)24/h4-8,12,15,17H,9-11,13-14H2,1-3H3;1-3,8-9H,4-7H2,(H,21,24)(H,25,26). The third kappa shape index (κ3) is 8.55. The number of rotatable bonds is 12. The number of esters is 1. The van der Waals surface area contributed by atoms with Gasteiger partial charge >= 0.3 is 11.9 Å². The number of halogens is 4. The molecule has 4 heterocycles. The van der Waals surface area contributed by atoms with Crippen LogP contribution in [0.3, 0.4) is 0 Å². The maximum Gasteiger partial charge on any atom is 0.308 e. The van der Waals surface area contributed by atoms with Crippen LogP contribution in [0.1, 0.15) is 74.7 Å². The molecule has 0 saturated heterocycles. The first-order chi connectivity index (χ1) is 30.8. The van der Waals surface area contributed by atoms with Crippen molar-refractivity contribution in [2.24, 2.45) is 23.7 Å². The predicted octanol–water partition coefficient (Wildman–Crippen LogP) is 6.66. The Balaban J connectivity index is 0.000000188. The minimum Gasteiger partial charge on any atom is -0.497 e. The summed E-state index contributed by atoms with van der Waals surface area (Å²) in [7, 11) is 4.45. The van der Waals surface area contributed by atoms with E-state index in [0.717, 1.165) is 29.8 Å². The Morgan fingerprint density at radius 3 is 1.80 bits per heavy atom. The molecule has 9 rings (SSSR count). The number of hydrogen-bond donors (Lipinski definition) is 2. The summed E-state index contributed by atoms with van der Waals surface area (Å²) in [6.07, 6.45) is 2.95. The highest BCUT2D eigenvalue weighted by molar-refractivity contribution is 5.99. The van der Waals surface area contributed by atoms with Crippen LogP contribution in [0.5, 0.6) is 11.5 Å². The Bertz CT molecular complexity index is 2650. The third-order valence-electron chi connectivity index (χ3n) is 12.2. The van der Waals surface area contributed by atoms with Crippen molar-refractivity contribution in [3.63, 3.8) is 0 Å². The molecule has 2 aromatic heterocycles. The van der Waals surface area contributed by atoms with Crippen LogP contribution in [0.15, 0.2) is 54.6 Å². The number of nitrogens with zero attached hydrogens (tertiary/aromatic N) is 5. The fourth-order valence-corrected chi connectivity index (χ4v) is 8.70. The molecule has 0 atom stereocenters. The van der Waals surface area contributed by atoms with Gasteiger partial charge in [-0.05, 0) is 86.8 Å². The highest BCUT2D eigenvalue weighted by atomic mass is 19.1. The molecule has 0 radical (unpaired) electrons. The lowest BCUT2D eigenvalue weighted by Crippen LogP contribution is -2.33. The SMILES string of the molecule is COC(=O)C1CC(Cc2nc(-c3c(F)cccc3F)nc3c2C(=O)N(Cc2ccc(OC)cc2OC)C3)C1.O=C1NCc2nc(-c3c(F)cccc3F)nc(CC3CC(C(=O)O)C3)c21. The zero-order valence-electron chi connectivity index (χ0n) is 34.9. The molecular weight excluding hydrogens is 841 g/mol. The van der Waals surface area contributed by atoms with Gasteiger partial charge in [0.2, 0.25) is 0 Å². The summed E-state index contributed by atoms with van der Waals surface area (Å²) in [6.45, 7) is 0.561. The number of carboxylic acid groups (broad SMARTS) is 1. The number of aliphatic carboxylic acids is 1. The van der Waals surface area contributed by atoms with Crippen molar-refractivity contribution in [2.75, 3.05) is 21.3 Å². The summed E-state index contributed by atoms with van der Waals surface area (Å²) >= 11 is 0. The van der Waals surface area contributed by atoms with Crippen molar-refractivity contribution in [3.05, 3.63) is 117 Å². The Hall–Kier alpha value is -6.98. The molecular formula is C46H42F4N6O8. The van der Waals surface area contributed by atoms with E-state index in [1.807, 2.05) is 6.07 Å². The molecule has 2 N–H and O–H groups in total. The van der Waals surface area contributed by atoms with Crippen LogP contribution in [0, 0.1) is 46.9 Å². The third-order valence-corrected chi connectivity index (χ3v) is 12.2. The predicted molar refractivity (Wildman–Crippen MR) is 219 cm³/mol. The van der Waals surface area contributed by atoms with Gasteiger partial charge in [0.15, 0.2) is 11.6 Å². The van der Waals surface area contributed by atoms with Crippen LogP contribution >= 0.6 is 0 Å². The Morgan fingerprint density at radius 1 is 0.719 bits per heavy atom. The normalized spacial score (nSPS) is 19.3. The van der Waals surface area contributed by atoms with Crippen LogP contribution < -0.4 is 14.8 Å². The van der Waals surface area contributed by atoms with Crippen LogP contribution in [0.4, 0.5) is 17.6 Å². The number of hydrogen-bond acceptors (Lipinski definition) is 11. The molecule has 2 aliphatic heterocycles. The van der Waals surface area contributed by atoms with Crippen LogP contribution in [0.2, 0.25) is 0 Å². The quantitative estimate of drug-likeness (QED) is 0.101. The van der Waals surface area contributed by atoms with E-state index in [1.165, 1.54) is 26.4 Å². The number of methoxy groups -OCH3 is 3. The molecule has 2 saturated carbocycles. The molecule has 18 heteroatoms. The summed E-state index contributed by atoms with van der Waals surface area (Å²) in [4.78, 5) is 67.5. The topological polar surface area (TPSA) is 183 Å². The van der Waals surface area contributed by atoms with Crippen LogP contribution in [-0.2, 0) is 46.8 Å². The van der Waals surface area contributed by atoms with Crippen molar-refractivity contribution < 1.29 is 56.1 Å². The molecule has 0 unspecified atom stereocenters. The first kappa shape index (κ1) is 43.7. The molecule has 64 heavy (non-hydrogen) atoms. The van der Waals surface area contributed by atoms with Gasteiger partial charge in [-0.3, -0.25) is 19.2 Å². The van der Waals surface area contributed by atoms with Gasteiger partial charge in [-0.1, -0.05) is 12.1 Å². The van der Waals surface area contributed by atoms with Gasteiger partial charge in [0.1, 0.15) is 34.8 Å². The van der Waals surface area contributed by atoms with Gasteiger partial charge in [-0.2, -0.15) is 0 Å². The van der Waals surface area contributed by atoms with E-state index in [-0.39, 0.29) is 83.9 Å². The number of carbonyl (C=O) groups is 4. The molecule has 332 valence electrons. The highest BCUT2D eigenvalue weighted by Crippen LogP contribution is 2.40. The summed E-state index contributed by atoms with van der Waals surface area (Å²) < 4.78 is 73.1. The smallest absolute Gasteiger partial charge is 0.308 e. The second-order valence-electron chi connectivity index (χ2n) is 16.2. The maximum absolute atomic E-state index is 14.7. The van der Waals surface area contributed by atoms with Gasteiger partial charge in [-0.25, -0.2) is 37.5 Å². The second kappa shape index (κ2) is 18.0. The van der Waals surface area contributed by atoms with Crippen molar-refractivity contribution in [1.82, 2.24) is 30.2 Å². The highest BCUT2D eigenvalue weighted by Gasteiger charge is 2.40. The first-order valence-corrected chi connectivity index (χ1v) is 20.5. The molecule has 3 aromatic carbocycles. The van der Waals surface area contributed by atoms with Gasteiger partial charge in [0.25, 0.3) is 11.8 Å². The summed E-state index contributed by atoms with van der Waals surface area (Å²) in [6, 6.07) is 12.4. The molecule has 2 amide bonds. The number of nitrogens with one attached hydrogen (secondary N) is 1. The lowest BCUT2D eigenvalue weighted by molar-refractivity contribution is -0.150. The molecule has 2 fully saturated rings. The number of carboxylic acids is 1. The average molecular weight is 883 g/mol.